The van der Waals surface area contributed by atoms with Gasteiger partial charge in [0.05, 0.1) is 12.3 Å². The number of ether oxygens (including phenoxy) is 1. The first-order valence-corrected chi connectivity index (χ1v) is 7.25. The van der Waals surface area contributed by atoms with Gasteiger partial charge in [0.2, 0.25) is 0 Å². The van der Waals surface area contributed by atoms with Crippen molar-refractivity contribution >= 4 is 17.6 Å². The van der Waals surface area contributed by atoms with Crippen LogP contribution >= 0.6 is 0 Å². The van der Waals surface area contributed by atoms with Crippen molar-refractivity contribution in [1.82, 2.24) is 4.90 Å². The molecule has 5 nitrogen and oxygen atoms in total. The Morgan fingerprint density at radius 1 is 1.18 bits per heavy atom. The SMILES string of the molecule is CCOCCN(C(=O)C(=O)O)C(=C(C)C)c1ccc(C)cc1. The Labute approximate surface area is 131 Å². The van der Waals surface area contributed by atoms with E-state index in [4.69, 9.17) is 9.84 Å². The summed E-state index contributed by atoms with van der Waals surface area (Å²) in [6.07, 6.45) is 0. The number of aryl methyl sites for hydroxylation is 1. The normalized spacial score (nSPS) is 10.2. The maximum Gasteiger partial charge on any atom is 0.394 e. The molecule has 0 aliphatic carbocycles. The first-order valence-electron chi connectivity index (χ1n) is 7.25. The molecule has 0 atom stereocenters. The molecule has 1 N–H and O–H groups in total. The summed E-state index contributed by atoms with van der Waals surface area (Å²) < 4.78 is 5.27. The molecule has 1 amide bonds. The Morgan fingerprint density at radius 2 is 1.77 bits per heavy atom. The number of benzene rings is 1. The number of allylic oxidation sites excluding steroid dienone is 1. The van der Waals surface area contributed by atoms with Crippen LogP contribution in [0.25, 0.3) is 5.70 Å². The van der Waals surface area contributed by atoms with Crippen molar-refractivity contribution in [2.45, 2.75) is 27.7 Å². The molecule has 0 bridgehead atoms. The highest BCUT2D eigenvalue weighted by molar-refractivity contribution is 6.33. The number of hydrogen-bond donors (Lipinski definition) is 1. The molecule has 0 heterocycles. The fourth-order valence-corrected chi connectivity index (χ4v) is 2.16. The van der Waals surface area contributed by atoms with Crippen molar-refractivity contribution in [1.29, 1.82) is 0 Å². The topological polar surface area (TPSA) is 66.8 Å². The van der Waals surface area contributed by atoms with Crippen LogP contribution in [0.4, 0.5) is 0 Å². The molecule has 0 aromatic heterocycles. The number of amides is 1. The molecule has 0 saturated heterocycles. The fraction of sp³-hybridized carbons (Fsp3) is 0.412. The second-order valence-corrected chi connectivity index (χ2v) is 5.17. The number of hydrogen-bond acceptors (Lipinski definition) is 3. The fourth-order valence-electron chi connectivity index (χ4n) is 2.16. The van der Waals surface area contributed by atoms with Crippen molar-refractivity contribution < 1.29 is 19.4 Å². The highest BCUT2D eigenvalue weighted by Gasteiger charge is 2.25. The van der Waals surface area contributed by atoms with Gasteiger partial charge in [0.1, 0.15) is 0 Å². The third-order valence-corrected chi connectivity index (χ3v) is 3.16. The second kappa shape index (κ2) is 8.34. The minimum atomic E-state index is -1.47. The van der Waals surface area contributed by atoms with E-state index in [9.17, 15) is 9.59 Å². The molecular formula is C17H23NO4. The first-order chi connectivity index (χ1) is 10.4. The standard InChI is InChI=1S/C17H23NO4/c1-5-22-11-10-18(16(19)17(20)21)15(12(2)3)14-8-6-13(4)7-9-14/h6-9H,5,10-11H2,1-4H3,(H,20,21). The molecule has 0 unspecified atom stereocenters. The predicted molar refractivity (Wildman–Crippen MR) is 85.3 cm³/mol. The minimum Gasteiger partial charge on any atom is -0.474 e. The van der Waals surface area contributed by atoms with Gasteiger partial charge >= 0.3 is 11.9 Å². The zero-order valence-corrected chi connectivity index (χ0v) is 13.5. The number of aliphatic carboxylic acids is 1. The van der Waals surface area contributed by atoms with E-state index in [2.05, 4.69) is 0 Å². The van der Waals surface area contributed by atoms with Gasteiger partial charge in [0.15, 0.2) is 0 Å². The molecule has 22 heavy (non-hydrogen) atoms. The van der Waals surface area contributed by atoms with E-state index < -0.39 is 11.9 Å². The van der Waals surface area contributed by atoms with E-state index >= 15 is 0 Å². The van der Waals surface area contributed by atoms with Crippen LogP contribution in [-0.2, 0) is 14.3 Å². The summed E-state index contributed by atoms with van der Waals surface area (Å²) >= 11 is 0. The van der Waals surface area contributed by atoms with Crippen LogP contribution in [0.1, 0.15) is 31.9 Å². The van der Waals surface area contributed by atoms with Crippen LogP contribution in [0.15, 0.2) is 29.8 Å². The maximum absolute atomic E-state index is 12.1. The molecule has 1 aromatic rings. The summed E-state index contributed by atoms with van der Waals surface area (Å²) in [5, 5.41) is 9.08. The van der Waals surface area contributed by atoms with Gasteiger partial charge in [-0.05, 0) is 33.3 Å². The highest BCUT2D eigenvalue weighted by atomic mass is 16.5. The van der Waals surface area contributed by atoms with Crippen LogP contribution in [0.2, 0.25) is 0 Å². The maximum atomic E-state index is 12.1. The molecule has 0 aliphatic rings. The van der Waals surface area contributed by atoms with E-state index in [1.165, 1.54) is 4.90 Å². The summed E-state index contributed by atoms with van der Waals surface area (Å²) in [7, 11) is 0. The Balaban J connectivity index is 3.21. The zero-order valence-electron chi connectivity index (χ0n) is 13.5. The van der Waals surface area contributed by atoms with Crippen molar-refractivity contribution in [2.24, 2.45) is 0 Å². The van der Waals surface area contributed by atoms with Gasteiger partial charge in [-0.3, -0.25) is 9.69 Å². The molecule has 1 aromatic carbocycles. The average molecular weight is 305 g/mol. The Hall–Kier alpha value is -2.14. The van der Waals surface area contributed by atoms with Gasteiger partial charge in [-0.2, -0.15) is 0 Å². The van der Waals surface area contributed by atoms with Gasteiger partial charge < -0.3 is 9.84 Å². The molecule has 5 heteroatoms. The number of carbonyl (C=O) groups excluding carboxylic acids is 1. The summed E-state index contributed by atoms with van der Waals surface area (Å²) in [5.41, 5.74) is 3.40. The van der Waals surface area contributed by atoms with Crippen LogP contribution in [-0.4, -0.2) is 41.6 Å². The van der Waals surface area contributed by atoms with E-state index in [-0.39, 0.29) is 13.2 Å². The summed E-state index contributed by atoms with van der Waals surface area (Å²) in [6, 6.07) is 7.65. The van der Waals surface area contributed by atoms with Gasteiger partial charge in [-0.1, -0.05) is 35.4 Å². The van der Waals surface area contributed by atoms with Crippen molar-refractivity contribution in [3.63, 3.8) is 0 Å². The monoisotopic (exact) mass is 305 g/mol. The number of carboxylic acids is 1. The Bertz CT molecular complexity index is 557. The molecule has 0 fully saturated rings. The van der Waals surface area contributed by atoms with Gasteiger partial charge in [0, 0.05) is 13.2 Å². The third-order valence-electron chi connectivity index (χ3n) is 3.16. The van der Waals surface area contributed by atoms with Gasteiger partial charge in [0.25, 0.3) is 0 Å². The molecule has 0 spiro atoms. The zero-order chi connectivity index (χ0) is 16.7. The molecule has 1 rings (SSSR count). The summed E-state index contributed by atoms with van der Waals surface area (Å²) in [6.45, 7) is 8.55. The number of nitrogens with zero attached hydrogens (tertiary/aromatic N) is 1. The van der Waals surface area contributed by atoms with E-state index in [1.807, 2.05) is 52.0 Å². The van der Waals surface area contributed by atoms with E-state index in [1.54, 1.807) is 0 Å². The lowest BCUT2D eigenvalue weighted by Crippen LogP contribution is -2.38. The smallest absolute Gasteiger partial charge is 0.394 e. The lowest BCUT2D eigenvalue weighted by atomic mass is 10.0. The first kappa shape index (κ1) is 17.9. The summed E-state index contributed by atoms with van der Waals surface area (Å²) in [5.74, 6) is -2.42. The highest BCUT2D eigenvalue weighted by Crippen LogP contribution is 2.24. The largest absolute Gasteiger partial charge is 0.474 e. The van der Waals surface area contributed by atoms with Crippen LogP contribution in [0.5, 0.6) is 0 Å². The molecule has 120 valence electrons. The molecule has 0 radical (unpaired) electrons. The second-order valence-electron chi connectivity index (χ2n) is 5.17. The average Bonchev–Trinajstić information content (AvgIpc) is 2.47. The number of carbonyl (C=O) groups is 2. The third kappa shape index (κ3) is 4.70. The lowest BCUT2D eigenvalue weighted by Gasteiger charge is -2.25. The number of carboxylic acid groups (broad SMARTS) is 1. The van der Waals surface area contributed by atoms with Crippen molar-refractivity contribution in [3.8, 4) is 0 Å². The molecule has 0 saturated carbocycles. The van der Waals surface area contributed by atoms with E-state index in [0.29, 0.717) is 12.3 Å². The van der Waals surface area contributed by atoms with Gasteiger partial charge in [-0.25, -0.2) is 4.79 Å². The minimum absolute atomic E-state index is 0.202. The quantitative estimate of drug-likeness (QED) is 0.648. The van der Waals surface area contributed by atoms with E-state index in [0.717, 1.165) is 16.7 Å². The molecular weight excluding hydrogens is 282 g/mol. The lowest BCUT2D eigenvalue weighted by molar-refractivity contribution is -0.154. The van der Waals surface area contributed by atoms with Crippen molar-refractivity contribution in [3.05, 3.63) is 41.0 Å². The predicted octanol–water partition coefficient (Wildman–Crippen LogP) is 2.70. The van der Waals surface area contributed by atoms with Crippen LogP contribution in [0, 0.1) is 6.92 Å². The van der Waals surface area contributed by atoms with Crippen LogP contribution < -0.4 is 0 Å². The Kier molecular flexibility index (Phi) is 6.79. The van der Waals surface area contributed by atoms with Crippen LogP contribution in [0.3, 0.4) is 0 Å². The van der Waals surface area contributed by atoms with Gasteiger partial charge in [-0.15, -0.1) is 0 Å². The summed E-state index contributed by atoms with van der Waals surface area (Å²) in [4.78, 5) is 24.5. The molecule has 0 aliphatic heterocycles. The number of rotatable bonds is 6. The Morgan fingerprint density at radius 3 is 2.23 bits per heavy atom. The van der Waals surface area contributed by atoms with Crippen molar-refractivity contribution in [2.75, 3.05) is 19.8 Å².